The number of halogens is 1. The van der Waals surface area contributed by atoms with Crippen LogP contribution in [0.4, 0.5) is 11.4 Å². The van der Waals surface area contributed by atoms with Crippen molar-refractivity contribution in [2.45, 2.75) is 13.0 Å². The number of hydrogen-bond acceptors (Lipinski definition) is 3. The Morgan fingerprint density at radius 2 is 2.05 bits per heavy atom. The molecule has 2 rings (SSSR count). The molecule has 0 saturated carbocycles. The van der Waals surface area contributed by atoms with Crippen LogP contribution in [0.1, 0.15) is 28.9 Å². The van der Waals surface area contributed by atoms with Crippen molar-refractivity contribution in [1.82, 2.24) is 0 Å². The fourth-order valence-electron chi connectivity index (χ4n) is 1.91. The van der Waals surface area contributed by atoms with E-state index < -0.39 is 5.97 Å². The molecule has 104 valence electrons. The van der Waals surface area contributed by atoms with Gasteiger partial charge in [-0.25, -0.2) is 4.79 Å². The summed E-state index contributed by atoms with van der Waals surface area (Å²) in [5, 5.41) is 12.9. The number of hydrogen-bond donors (Lipinski definition) is 3. The number of benzene rings is 2. The lowest BCUT2D eigenvalue weighted by molar-refractivity contribution is 0.0697. The van der Waals surface area contributed by atoms with Gasteiger partial charge in [0.25, 0.3) is 0 Å². The first-order chi connectivity index (χ1) is 9.47. The van der Waals surface area contributed by atoms with Gasteiger partial charge in [-0.15, -0.1) is 0 Å². The lowest BCUT2D eigenvalue weighted by atomic mass is 10.1. The molecule has 5 heteroatoms. The molecule has 20 heavy (non-hydrogen) atoms. The van der Waals surface area contributed by atoms with Crippen molar-refractivity contribution in [3.8, 4) is 0 Å². The van der Waals surface area contributed by atoms with Crippen molar-refractivity contribution in [2.24, 2.45) is 0 Å². The first-order valence-electron chi connectivity index (χ1n) is 6.12. The van der Waals surface area contributed by atoms with Crippen LogP contribution in [0.25, 0.3) is 0 Å². The largest absolute Gasteiger partial charge is 0.478 e. The highest BCUT2D eigenvalue weighted by molar-refractivity contribution is 6.30. The molecule has 4 nitrogen and oxygen atoms in total. The molecule has 0 aliphatic carbocycles. The second-order valence-electron chi connectivity index (χ2n) is 4.53. The van der Waals surface area contributed by atoms with Crippen LogP contribution in [0.3, 0.4) is 0 Å². The summed E-state index contributed by atoms with van der Waals surface area (Å²) in [7, 11) is 0. The van der Waals surface area contributed by atoms with Gasteiger partial charge in [-0.3, -0.25) is 0 Å². The second kappa shape index (κ2) is 5.84. The highest BCUT2D eigenvalue weighted by Crippen LogP contribution is 2.26. The third-order valence-corrected chi connectivity index (χ3v) is 3.26. The molecule has 0 aliphatic heterocycles. The maximum absolute atomic E-state index is 11.0. The summed E-state index contributed by atoms with van der Waals surface area (Å²) in [6.45, 7) is 1.96. The summed E-state index contributed by atoms with van der Waals surface area (Å²) in [6, 6.07) is 12.0. The van der Waals surface area contributed by atoms with Crippen LogP contribution in [0.5, 0.6) is 0 Å². The Hall–Kier alpha value is -2.20. The molecule has 0 radical (unpaired) electrons. The number of carbonyl (C=O) groups is 1. The molecule has 0 aliphatic rings. The lowest BCUT2D eigenvalue weighted by Crippen LogP contribution is -2.09. The first-order valence-corrected chi connectivity index (χ1v) is 6.50. The molecule has 0 saturated heterocycles. The van der Waals surface area contributed by atoms with Gasteiger partial charge in [-0.2, -0.15) is 0 Å². The van der Waals surface area contributed by atoms with Gasteiger partial charge in [0.1, 0.15) is 0 Å². The molecule has 1 unspecified atom stereocenters. The lowest BCUT2D eigenvalue weighted by Gasteiger charge is -2.18. The van der Waals surface area contributed by atoms with Crippen molar-refractivity contribution in [2.75, 3.05) is 11.1 Å². The fourth-order valence-corrected chi connectivity index (χ4v) is 2.11. The van der Waals surface area contributed by atoms with Crippen molar-refractivity contribution in [3.05, 3.63) is 58.6 Å². The quantitative estimate of drug-likeness (QED) is 0.749. The van der Waals surface area contributed by atoms with E-state index in [0.29, 0.717) is 16.4 Å². The molecule has 0 amide bonds. The Morgan fingerprint density at radius 3 is 2.70 bits per heavy atom. The van der Waals surface area contributed by atoms with E-state index in [1.807, 2.05) is 25.1 Å². The van der Waals surface area contributed by atoms with Crippen molar-refractivity contribution >= 4 is 28.9 Å². The fraction of sp³-hybridized carbons (Fsp3) is 0.133. The summed E-state index contributed by atoms with van der Waals surface area (Å²) in [4.78, 5) is 11.0. The highest BCUT2D eigenvalue weighted by atomic mass is 35.5. The van der Waals surface area contributed by atoms with E-state index in [2.05, 4.69) is 5.32 Å². The predicted octanol–water partition coefficient (Wildman–Crippen LogP) is 3.79. The molecule has 2 aromatic rings. The molecule has 2 aromatic carbocycles. The van der Waals surface area contributed by atoms with Gasteiger partial charge in [0, 0.05) is 11.1 Å². The molecule has 0 bridgehead atoms. The smallest absolute Gasteiger partial charge is 0.335 e. The summed E-state index contributed by atoms with van der Waals surface area (Å²) in [5.41, 5.74) is 8.15. The number of aromatic carboxylic acids is 1. The second-order valence-corrected chi connectivity index (χ2v) is 4.96. The standard InChI is InChI=1S/C15H15ClN2O2/c1-9(10-3-2-4-12(16)7-10)18-14-8-11(15(19)20)5-6-13(14)17/h2-9,18H,17H2,1H3,(H,19,20). The molecular weight excluding hydrogens is 276 g/mol. The van der Waals surface area contributed by atoms with E-state index in [4.69, 9.17) is 22.4 Å². The molecule has 4 N–H and O–H groups in total. The minimum atomic E-state index is -0.983. The Morgan fingerprint density at radius 1 is 1.30 bits per heavy atom. The Labute approximate surface area is 122 Å². The van der Waals surface area contributed by atoms with Crippen LogP contribution in [0.15, 0.2) is 42.5 Å². The number of rotatable bonds is 4. The van der Waals surface area contributed by atoms with Crippen LogP contribution in [-0.2, 0) is 0 Å². The molecule has 0 fully saturated rings. The average molecular weight is 291 g/mol. The minimum absolute atomic E-state index is 0.0416. The zero-order chi connectivity index (χ0) is 14.7. The number of nitrogens with one attached hydrogen (secondary N) is 1. The average Bonchev–Trinajstić information content (AvgIpc) is 2.41. The Kier molecular flexibility index (Phi) is 4.15. The number of carboxylic acid groups (broad SMARTS) is 1. The van der Waals surface area contributed by atoms with Gasteiger partial charge in [-0.1, -0.05) is 23.7 Å². The van der Waals surface area contributed by atoms with E-state index in [1.165, 1.54) is 12.1 Å². The number of nitrogens with two attached hydrogens (primary N) is 1. The van der Waals surface area contributed by atoms with Crippen LogP contribution in [0, 0.1) is 0 Å². The first kappa shape index (κ1) is 14.2. The Balaban J connectivity index is 2.25. The molecule has 1 atom stereocenters. The van der Waals surface area contributed by atoms with Gasteiger partial charge < -0.3 is 16.2 Å². The van der Waals surface area contributed by atoms with Crippen LogP contribution in [0.2, 0.25) is 5.02 Å². The molecule has 0 heterocycles. The van der Waals surface area contributed by atoms with Crippen LogP contribution >= 0.6 is 11.6 Å². The minimum Gasteiger partial charge on any atom is -0.478 e. The van der Waals surface area contributed by atoms with E-state index in [0.717, 1.165) is 5.56 Å². The van der Waals surface area contributed by atoms with Crippen molar-refractivity contribution in [1.29, 1.82) is 0 Å². The van der Waals surface area contributed by atoms with Gasteiger partial charge >= 0.3 is 5.97 Å². The van der Waals surface area contributed by atoms with Crippen molar-refractivity contribution < 1.29 is 9.90 Å². The maximum Gasteiger partial charge on any atom is 0.335 e. The third kappa shape index (κ3) is 3.22. The summed E-state index contributed by atoms with van der Waals surface area (Å²) in [6.07, 6.45) is 0. The van der Waals surface area contributed by atoms with Gasteiger partial charge in [0.05, 0.1) is 16.9 Å². The molecular formula is C15H15ClN2O2. The van der Waals surface area contributed by atoms with E-state index >= 15 is 0 Å². The van der Waals surface area contributed by atoms with E-state index in [-0.39, 0.29) is 11.6 Å². The highest BCUT2D eigenvalue weighted by Gasteiger charge is 2.10. The van der Waals surface area contributed by atoms with Crippen LogP contribution in [-0.4, -0.2) is 11.1 Å². The zero-order valence-corrected chi connectivity index (χ0v) is 11.7. The van der Waals surface area contributed by atoms with Crippen molar-refractivity contribution in [3.63, 3.8) is 0 Å². The van der Waals surface area contributed by atoms with Gasteiger partial charge in [-0.05, 0) is 42.8 Å². The summed E-state index contributed by atoms with van der Waals surface area (Å²) < 4.78 is 0. The monoisotopic (exact) mass is 290 g/mol. The zero-order valence-electron chi connectivity index (χ0n) is 10.9. The normalized spacial score (nSPS) is 11.9. The topological polar surface area (TPSA) is 75.3 Å². The number of nitrogen functional groups attached to an aromatic ring is 1. The maximum atomic E-state index is 11.0. The molecule has 0 spiro atoms. The number of carboxylic acids is 1. The van der Waals surface area contributed by atoms with Crippen LogP contribution < -0.4 is 11.1 Å². The predicted molar refractivity (Wildman–Crippen MR) is 81.3 cm³/mol. The third-order valence-electron chi connectivity index (χ3n) is 3.02. The Bertz CT molecular complexity index is 644. The SMILES string of the molecule is CC(Nc1cc(C(=O)O)ccc1N)c1cccc(Cl)c1. The van der Waals surface area contributed by atoms with E-state index in [1.54, 1.807) is 12.1 Å². The van der Waals surface area contributed by atoms with E-state index in [9.17, 15) is 4.79 Å². The summed E-state index contributed by atoms with van der Waals surface area (Å²) >= 11 is 5.96. The van der Waals surface area contributed by atoms with Gasteiger partial charge in [0.15, 0.2) is 0 Å². The number of anilines is 2. The van der Waals surface area contributed by atoms with Gasteiger partial charge in [0.2, 0.25) is 0 Å². The summed E-state index contributed by atoms with van der Waals surface area (Å²) in [5.74, 6) is -0.983. The molecule has 0 aromatic heterocycles.